The van der Waals surface area contributed by atoms with Gasteiger partial charge in [0, 0.05) is 13.1 Å². The predicted molar refractivity (Wildman–Crippen MR) is 77.2 cm³/mol. The van der Waals surface area contributed by atoms with Gasteiger partial charge in [0.1, 0.15) is 0 Å². The van der Waals surface area contributed by atoms with Crippen LogP contribution in [0.25, 0.3) is 0 Å². The van der Waals surface area contributed by atoms with Crippen molar-refractivity contribution in [2.24, 2.45) is 16.8 Å². The van der Waals surface area contributed by atoms with E-state index in [0.717, 1.165) is 19.4 Å². The van der Waals surface area contributed by atoms with E-state index in [4.69, 9.17) is 10.9 Å². The van der Waals surface area contributed by atoms with E-state index in [2.05, 4.69) is 10.1 Å². The van der Waals surface area contributed by atoms with Crippen LogP contribution in [0.15, 0.2) is 5.16 Å². The van der Waals surface area contributed by atoms with E-state index in [9.17, 15) is 4.79 Å². The van der Waals surface area contributed by atoms with Crippen LogP contribution in [0.1, 0.15) is 33.1 Å². The maximum absolute atomic E-state index is 12.4. The smallest absolute Gasteiger partial charge is 0.233 e. The Morgan fingerprint density at radius 1 is 1.32 bits per heavy atom. The summed E-state index contributed by atoms with van der Waals surface area (Å²) >= 11 is 0. The Labute approximate surface area is 116 Å². The highest BCUT2D eigenvalue weighted by Crippen LogP contribution is 2.11. The lowest BCUT2D eigenvalue weighted by atomic mass is 10.0. The van der Waals surface area contributed by atoms with Gasteiger partial charge in [-0.3, -0.25) is 4.79 Å². The van der Waals surface area contributed by atoms with E-state index in [-0.39, 0.29) is 11.7 Å². The van der Waals surface area contributed by atoms with Crippen molar-refractivity contribution in [2.75, 3.05) is 33.7 Å². The summed E-state index contributed by atoms with van der Waals surface area (Å²) in [7, 11) is 4.02. The van der Waals surface area contributed by atoms with Gasteiger partial charge in [-0.05, 0) is 40.4 Å². The molecule has 1 atom stereocenters. The number of nitrogens with two attached hydrogens (primary N) is 1. The largest absolute Gasteiger partial charge is 0.409 e. The molecule has 1 amide bonds. The van der Waals surface area contributed by atoms with Crippen LogP contribution in [0.4, 0.5) is 0 Å². The Balaban J connectivity index is 4.59. The van der Waals surface area contributed by atoms with Gasteiger partial charge in [-0.1, -0.05) is 18.5 Å². The second-order valence-electron chi connectivity index (χ2n) is 4.94. The fourth-order valence-electron chi connectivity index (χ4n) is 1.98. The summed E-state index contributed by atoms with van der Waals surface area (Å²) in [6.07, 6.45) is 2.35. The van der Waals surface area contributed by atoms with Gasteiger partial charge in [-0.2, -0.15) is 0 Å². The van der Waals surface area contributed by atoms with Gasteiger partial charge in [0.25, 0.3) is 0 Å². The number of nitrogens with zero attached hydrogens (tertiary/aromatic N) is 3. The highest BCUT2D eigenvalue weighted by molar-refractivity contribution is 6.02. The molecule has 6 heteroatoms. The SMILES string of the molecule is CCCC(C(=O)N(CC)CCCN(C)C)C(N)=NO. The minimum absolute atomic E-state index is 0.0120. The van der Waals surface area contributed by atoms with Crippen LogP contribution in [-0.2, 0) is 4.79 Å². The zero-order valence-corrected chi connectivity index (χ0v) is 12.6. The van der Waals surface area contributed by atoms with E-state index in [1.54, 1.807) is 4.90 Å². The summed E-state index contributed by atoms with van der Waals surface area (Å²) in [5.74, 6) is -0.536. The molecule has 6 nitrogen and oxygen atoms in total. The molecule has 0 bridgehead atoms. The zero-order valence-electron chi connectivity index (χ0n) is 12.6. The van der Waals surface area contributed by atoms with E-state index in [0.29, 0.717) is 19.5 Å². The first-order valence-electron chi connectivity index (χ1n) is 6.88. The molecular formula is C13H28N4O2. The highest BCUT2D eigenvalue weighted by atomic mass is 16.4. The third-order valence-corrected chi connectivity index (χ3v) is 3.07. The van der Waals surface area contributed by atoms with Crippen molar-refractivity contribution in [2.45, 2.75) is 33.1 Å². The predicted octanol–water partition coefficient (Wildman–Crippen LogP) is 0.949. The average molecular weight is 272 g/mol. The average Bonchev–Trinajstić information content (AvgIpc) is 2.39. The molecule has 0 heterocycles. The maximum Gasteiger partial charge on any atom is 0.233 e. The Kier molecular flexibility index (Phi) is 8.95. The Morgan fingerprint density at radius 2 is 1.95 bits per heavy atom. The lowest BCUT2D eigenvalue weighted by Crippen LogP contribution is -2.42. The second-order valence-corrected chi connectivity index (χ2v) is 4.94. The molecule has 0 radical (unpaired) electrons. The second kappa shape index (κ2) is 9.61. The van der Waals surface area contributed by atoms with Crippen molar-refractivity contribution in [3.63, 3.8) is 0 Å². The number of carbonyl (C=O) groups excluding carboxylic acids is 1. The first kappa shape index (κ1) is 17.7. The van der Waals surface area contributed by atoms with Crippen LogP contribution < -0.4 is 5.73 Å². The zero-order chi connectivity index (χ0) is 14.8. The first-order valence-corrected chi connectivity index (χ1v) is 6.88. The van der Waals surface area contributed by atoms with Gasteiger partial charge < -0.3 is 20.7 Å². The molecule has 0 saturated heterocycles. The molecule has 0 aromatic heterocycles. The Bertz CT molecular complexity index is 292. The summed E-state index contributed by atoms with van der Waals surface area (Å²) in [5, 5.41) is 11.8. The highest BCUT2D eigenvalue weighted by Gasteiger charge is 2.26. The number of oxime groups is 1. The molecular weight excluding hydrogens is 244 g/mol. The van der Waals surface area contributed by atoms with E-state index >= 15 is 0 Å². The Morgan fingerprint density at radius 3 is 2.37 bits per heavy atom. The van der Waals surface area contributed by atoms with Crippen molar-refractivity contribution in [3.05, 3.63) is 0 Å². The van der Waals surface area contributed by atoms with Crippen molar-refractivity contribution in [1.29, 1.82) is 0 Å². The Hall–Kier alpha value is -1.30. The molecule has 0 rings (SSSR count). The van der Waals surface area contributed by atoms with Crippen LogP contribution in [0, 0.1) is 5.92 Å². The van der Waals surface area contributed by atoms with E-state index in [1.807, 2.05) is 27.9 Å². The van der Waals surface area contributed by atoms with E-state index in [1.165, 1.54) is 0 Å². The molecule has 3 N–H and O–H groups in total. The molecule has 0 spiro atoms. The molecule has 112 valence electrons. The fraction of sp³-hybridized carbons (Fsp3) is 0.846. The lowest BCUT2D eigenvalue weighted by Gasteiger charge is -2.26. The lowest BCUT2D eigenvalue weighted by molar-refractivity contribution is -0.133. The van der Waals surface area contributed by atoms with Crippen molar-refractivity contribution >= 4 is 11.7 Å². The number of amides is 1. The van der Waals surface area contributed by atoms with Crippen molar-refractivity contribution in [1.82, 2.24) is 9.80 Å². The first-order chi connectivity index (χ1) is 8.97. The van der Waals surface area contributed by atoms with Crippen LogP contribution >= 0.6 is 0 Å². The fourth-order valence-corrected chi connectivity index (χ4v) is 1.98. The van der Waals surface area contributed by atoms with Crippen molar-refractivity contribution < 1.29 is 10.0 Å². The van der Waals surface area contributed by atoms with Gasteiger partial charge in [-0.15, -0.1) is 0 Å². The molecule has 0 aliphatic rings. The molecule has 0 aromatic rings. The number of rotatable bonds is 9. The number of hydrogen-bond donors (Lipinski definition) is 2. The standard InChI is InChI=1S/C13H28N4O2/c1-5-8-11(12(14)15-19)13(18)17(6-2)10-7-9-16(3)4/h11,19H,5-10H2,1-4H3,(H2,14,15). The molecule has 0 aromatic carbocycles. The van der Waals surface area contributed by atoms with E-state index < -0.39 is 5.92 Å². The minimum atomic E-state index is -0.505. The third kappa shape index (κ3) is 6.42. The summed E-state index contributed by atoms with van der Waals surface area (Å²) in [6.45, 7) is 6.21. The van der Waals surface area contributed by atoms with Crippen molar-refractivity contribution in [3.8, 4) is 0 Å². The molecule has 19 heavy (non-hydrogen) atoms. The van der Waals surface area contributed by atoms with Gasteiger partial charge in [0.15, 0.2) is 5.84 Å². The third-order valence-electron chi connectivity index (χ3n) is 3.07. The summed E-state index contributed by atoms with van der Waals surface area (Å²) in [4.78, 5) is 16.2. The molecule has 0 fully saturated rings. The summed E-state index contributed by atoms with van der Waals surface area (Å²) in [6, 6.07) is 0. The topological polar surface area (TPSA) is 82.2 Å². The number of hydrogen-bond acceptors (Lipinski definition) is 4. The van der Waals surface area contributed by atoms with Crippen LogP contribution in [-0.4, -0.2) is 60.5 Å². The van der Waals surface area contributed by atoms with Gasteiger partial charge >= 0.3 is 0 Å². The summed E-state index contributed by atoms with van der Waals surface area (Å²) in [5.41, 5.74) is 5.62. The normalized spacial score (nSPS) is 13.6. The monoisotopic (exact) mass is 272 g/mol. The maximum atomic E-state index is 12.4. The van der Waals surface area contributed by atoms with Gasteiger partial charge in [0.05, 0.1) is 5.92 Å². The molecule has 0 aliphatic carbocycles. The summed E-state index contributed by atoms with van der Waals surface area (Å²) < 4.78 is 0. The number of carbonyl (C=O) groups is 1. The van der Waals surface area contributed by atoms with Gasteiger partial charge in [-0.25, -0.2) is 0 Å². The molecule has 0 saturated carbocycles. The van der Waals surface area contributed by atoms with Crippen LogP contribution in [0.2, 0.25) is 0 Å². The van der Waals surface area contributed by atoms with Gasteiger partial charge in [0.2, 0.25) is 5.91 Å². The van der Waals surface area contributed by atoms with Crippen LogP contribution in [0.3, 0.4) is 0 Å². The molecule has 0 aliphatic heterocycles. The minimum Gasteiger partial charge on any atom is -0.409 e. The molecule has 1 unspecified atom stereocenters. The quantitative estimate of drug-likeness (QED) is 0.283. The number of amidine groups is 1. The van der Waals surface area contributed by atoms with Crippen LogP contribution in [0.5, 0.6) is 0 Å².